The van der Waals surface area contributed by atoms with E-state index in [1.54, 1.807) is 4.90 Å². The van der Waals surface area contributed by atoms with E-state index in [1.165, 1.54) is 0 Å². The van der Waals surface area contributed by atoms with E-state index in [0.29, 0.717) is 12.8 Å². The minimum absolute atomic E-state index is 0.137. The molecule has 0 aliphatic carbocycles. The van der Waals surface area contributed by atoms with E-state index >= 15 is 0 Å². The minimum Gasteiger partial charge on any atom is -0.317 e. The molecule has 0 aromatic rings. The number of hydrazine groups is 1. The minimum atomic E-state index is -0.137. The molecule has 0 spiro atoms. The molecule has 5 nitrogen and oxygen atoms in total. The van der Waals surface area contributed by atoms with Crippen LogP contribution in [0.3, 0.4) is 0 Å². The fraction of sp³-hybridized carbons (Fsp3) is 0.636. The molecular weight excluding hydrogens is 206 g/mol. The van der Waals surface area contributed by atoms with Gasteiger partial charge in [-0.3, -0.25) is 15.0 Å². The van der Waals surface area contributed by atoms with Crippen LogP contribution in [0.15, 0.2) is 12.3 Å². The number of allylic oxidation sites excluding steroid dienone is 1. The third-order valence-corrected chi connectivity index (χ3v) is 2.76. The summed E-state index contributed by atoms with van der Waals surface area (Å²) in [6.07, 6.45) is 4.46. The van der Waals surface area contributed by atoms with Gasteiger partial charge in [0, 0.05) is 25.1 Å². The van der Waals surface area contributed by atoms with Gasteiger partial charge in [-0.25, -0.2) is 5.84 Å². The summed E-state index contributed by atoms with van der Waals surface area (Å²) < 4.78 is 0. The summed E-state index contributed by atoms with van der Waals surface area (Å²) >= 11 is 0. The maximum absolute atomic E-state index is 11.4. The molecule has 0 aromatic carbocycles. The number of hydrogen-bond donors (Lipinski definition) is 2. The summed E-state index contributed by atoms with van der Waals surface area (Å²) in [5.74, 6) is 4.99. The standard InChI is InChI=1S/C11H19N3O2/c1-9-6-7-11(16)14(9)8-4-2-3-5-10(15)13-12/h1-8,12H2,(H,13,15). The number of amides is 2. The number of hydrogen-bond acceptors (Lipinski definition) is 3. The number of nitrogens with one attached hydrogen (secondary N) is 1. The monoisotopic (exact) mass is 225 g/mol. The first-order valence-corrected chi connectivity index (χ1v) is 5.62. The van der Waals surface area contributed by atoms with Crippen LogP contribution >= 0.6 is 0 Å². The van der Waals surface area contributed by atoms with Crippen molar-refractivity contribution in [3.63, 3.8) is 0 Å². The average molecular weight is 225 g/mol. The van der Waals surface area contributed by atoms with Crippen molar-refractivity contribution in [2.45, 2.75) is 38.5 Å². The summed E-state index contributed by atoms with van der Waals surface area (Å²) in [6.45, 7) is 4.57. The molecule has 1 fully saturated rings. The summed E-state index contributed by atoms with van der Waals surface area (Å²) in [5.41, 5.74) is 3.01. The highest BCUT2D eigenvalue weighted by molar-refractivity contribution is 5.81. The lowest BCUT2D eigenvalue weighted by molar-refractivity contribution is -0.127. The first-order valence-electron chi connectivity index (χ1n) is 5.62. The Balaban J connectivity index is 2.09. The lowest BCUT2D eigenvalue weighted by atomic mass is 10.2. The number of nitrogens with zero attached hydrogens (tertiary/aromatic N) is 1. The second-order valence-corrected chi connectivity index (χ2v) is 3.99. The van der Waals surface area contributed by atoms with Crippen molar-refractivity contribution in [1.29, 1.82) is 0 Å². The summed E-state index contributed by atoms with van der Waals surface area (Å²) in [4.78, 5) is 24.0. The Bertz CT molecular complexity index is 273. The van der Waals surface area contributed by atoms with Crippen LogP contribution in [-0.2, 0) is 9.59 Å². The molecule has 1 aliphatic rings. The average Bonchev–Trinajstić information content (AvgIpc) is 2.59. The van der Waals surface area contributed by atoms with Crippen molar-refractivity contribution in [3.8, 4) is 0 Å². The molecule has 1 saturated heterocycles. The molecule has 1 aliphatic heterocycles. The molecule has 2 amide bonds. The highest BCUT2D eigenvalue weighted by Gasteiger charge is 2.22. The molecule has 1 rings (SSSR count). The van der Waals surface area contributed by atoms with E-state index in [0.717, 1.165) is 37.9 Å². The lowest BCUT2D eigenvalue weighted by Crippen LogP contribution is -2.29. The van der Waals surface area contributed by atoms with Crippen LogP contribution in [0.1, 0.15) is 38.5 Å². The van der Waals surface area contributed by atoms with E-state index in [-0.39, 0.29) is 11.8 Å². The van der Waals surface area contributed by atoms with Crippen LogP contribution in [0.5, 0.6) is 0 Å². The molecule has 5 heteroatoms. The largest absolute Gasteiger partial charge is 0.317 e. The van der Waals surface area contributed by atoms with Crippen molar-refractivity contribution < 1.29 is 9.59 Å². The van der Waals surface area contributed by atoms with Gasteiger partial charge in [-0.2, -0.15) is 0 Å². The zero-order chi connectivity index (χ0) is 12.0. The molecular formula is C11H19N3O2. The van der Waals surface area contributed by atoms with Gasteiger partial charge < -0.3 is 4.90 Å². The first-order chi connectivity index (χ1) is 7.65. The van der Waals surface area contributed by atoms with Crippen molar-refractivity contribution >= 4 is 11.8 Å². The number of carbonyl (C=O) groups excluding carboxylic acids is 2. The molecule has 1 heterocycles. The summed E-state index contributed by atoms with van der Waals surface area (Å²) in [5, 5.41) is 0. The van der Waals surface area contributed by atoms with Crippen LogP contribution in [0.4, 0.5) is 0 Å². The van der Waals surface area contributed by atoms with Crippen LogP contribution in [0, 0.1) is 0 Å². The summed E-state index contributed by atoms with van der Waals surface area (Å²) in [6, 6.07) is 0. The normalized spacial score (nSPS) is 15.7. The number of nitrogens with two attached hydrogens (primary N) is 1. The van der Waals surface area contributed by atoms with E-state index in [4.69, 9.17) is 5.84 Å². The van der Waals surface area contributed by atoms with Gasteiger partial charge in [-0.05, 0) is 19.3 Å². The Kier molecular flexibility index (Phi) is 4.98. The Morgan fingerprint density at radius 3 is 2.69 bits per heavy atom. The fourth-order valence-corrected chi connectivity index (χ4v) is 1.78. The fourth-order valence-electron chi connectivity index (χ4n) is 1.78. The molecule has 0 radical (unpaired) electrons. The molecule has 0 bridgehead atoms. The van der Waals surface area contributed by atoms with Gasteiger partial charge in [0.25, 0.3) is 0 Å². The van der Waals surface area contributed by atoms with Crippen molar-refractivity contribution in [2.75, 3.05) is 6.54 Å². The molecule has 0 aromatic heterocycles. The zero-order valence-electron chi connectivity index (χ0n) is 9.50. The highest BCUT2D eigenvalue weighted by Crippen LogP contribution is 2.20. The van der Waals surface area contributed by atoms with Gasteiger partial charge in [0.05, 0.1) is 0 Å². The van der Waals surface area contributed by atoms with Crippen molar-refractivity contribution in [2.24, 2.45) is 5.84 Å². The zero-order valence-corrected chi connectivity index (χ0v) is 9.50. The third kappa shape index (κ3) is 3.66. The Labute approximate surface area is 95.6 Å². The van der Waals surface area contributed by atoms with Gasteiger partial charge in [0.15, 0.2) is 0 Å². The predicted octanol–water partition coefficient (Wildman–Crippen LogP) is 0.673. The molecule has 16 heavy (non-hydrogen) atoms. The van der Waals surface area contributed by atoms with Gasteiger partial charge in [0.2, 0.25) is 11.8 Å². The van der Waals surface area contributed by atoms with Crippen LogP contribution < -0.4 is 11.3 Å². The highest BCUT2D eigenvalue weighted by atomic mass is 16.2. The molecule has 0 unspecified atom stereocenters. The van der Waals surface area contributed by atoms with Crippen LogP contribution in [0.2, 0.25) is 0 Å². The van der Waals surface area contributed by atoms with E-state index in [2.05, 4.69) is 12.0 Å². The van der Waals surface area contributed by atoms with Gasteiger partial charge >= 0.3 is 0 Å². The maximum Gasteiger partial charge on any atom is 0.233 e. The maximum atomic E-state index is 11.4. The van der Waals surface area contributed by atoms with Crippen molar-refractivity contribution in [1.82, 2.24) is 10.3 Å². The smallest absolute Gasteiger partial charge is 0.233 e. The molecule has 0 saturated carbocycles. The van der Waals surface area contributed by atoms with Gasteiger partial charge in [0.1, 0.15) is 0 Å². The third-order valence-electron chi connectivity index (χ3n) is 2.76. The lowest BCUT2D eigenvalue weighted by Gasteiger charge is -2.16. The van der Waals surface area contributed by atoms with Gasteiger partial charge in [-0.1, -0.05) is 13.0 Å². The molecule has 3 N–H and O–H groups in total. The Hall–Kier alpha value is -1.36. The molecule has 0 atom stereocenters. The summed E-state index contributed by atoms with van der Waals surface area (Å²) in [7, 11) is 0. The number of unbranched alkanes of at least 4 members (excludes halogenated alkanes) is 2. The Morgan fingerprint density at radius 2 is 2.12 bits per heavy atom. The first kappa shape index (κ1) is 12.7. The second-order valence-electron chi connectivity index (χ2n) is 3.99. The number of carbonyl (C=O) groups is 2. The van der Waals surface area contributed by atoms with Crippen LogP contribution in [0.25, 0.3) is 0 Å². The second kappa shape index (κ2) is 6.27. The molecule has 90 valence electrons. The van der Waals surface area contributed by atoms with E-state index in [1.807, 2.05) is 0 Å². The quantitative estimate of drug-likeness (QED) is 0.302. The topological polar surface area (TPSA) is 75.4 Å². The van der Waals surface area contributed by atoms with Crippen molar-refractivity contribution in [3.05, 3.63) is 12.3 Å². The number of likely N-dealkylation sites (tertiary alicyclic amines) is 1. The van der Waals surface area contributed by atoms with Gasteiger partial charge in [-0.15, -0.1) is 0 Å². The predicted molar refractivity (Wildman–Crippen MR) is 60.9 cm³/mol. The number of rotatable bonds is 6. The van der Waals surface area contributed by atoms with E-state index < -0.39 is 0 Å². The Morgan fingerprint density at radius 1 is 1.38 bits per heavy atom. The van der Waals surface area contributed by atoms with Crippen LogP contribution in [-0.4, -0.2) is 23.3 Å². The van der Waals surface area contributed by atoms with E-state index in [9.17, 15) is 9.59 Å². The SMILES string of the molecule is C=C1CCC(=O)N1CCCCCC(=O)NN.